The molecule has 3 rings (SSSR count). The molecule has 0 unspecified atom stereocenters. The molecule has 1 N–H and O–H groups in total. The zero-order chi connectivity index (χ0) is 21.0. The van der Waals surface area contributed by atoms with Gasteiger partial charge >= 0.3 is 6.18 Å². The Morgan fingerprint density at radius 3 is 2.72 bits per heavy atom. The van der Waals surface area contributed by atoms with Crippen molar-refractivity contribution in [3.63, 3.8) is 0 Å². The molecular formula is C18H19F3N4O3S. The summed E-state index contributed by atoms with van der Waals surface area (Å²) in [6, 6.07) is 4.71. The van der Waals surface area contributed by atoms with Crippen LogP contribution < -0.4 is 5.32 Å². The molecule has 1 aromatic heterocycles. The lowest BCUT2D eigenvalue weighted by Gasteiger charge is -2.28. The monoisotopic (exact) mass is 428 g/mol. The van der Waals surface area contributed by atoms with Crippen LogP contribution in [0.15, 0.2) is 29.6 Å². The van der Waals surface area contributed by atoms with Crippen LogP contribution in [-0.2, 0) is 15.7 Å². The SMILES string of the molecule is CN(CC(=O)N1CCOCC1)C(=O)c1csc(Nc2cccc(C(F)(F)F)c2)n1. The van der Waals surface area contributed by atoms with Gasteiger partial charge in [-0.3, -0.25) is 9.59 Å². The van der Waals surface area contributed by atoms with Crippen molar-refractivity contribution in [2.24, 2.45) is 0 Å². The van der Waals surface area contributed by atoms with Crippen molar-refractivity contribution in [1.29, 1.82) is 0 Å². The van der Waals surface area contributed by atoms with E-state index in [-0.39, 0.29) is 29.0 Å². The number of nitrogens with zero attached hydrogens (tertiary/aromatic N) is 3. The summed E-state index contributed by atoms with van der Waals surface area (Å²) in [6.07, 6.45) is -4.45. The topological polar surface area (TPSA) is 74.8 Å². The van der Waals surface area contributed by atoms with Crippen molar-refractivity contribution in [2.75, 3.05) is 45.2 Å². The lowest BCUT2D eigenvalue weighted by Crippen LogP contribution is -2.46. The van der Waals surface area contributed by atoms with Crippen LogP contribution in [0.25, 0.3) is 0 Å². The number of carbonyl (C=O) groups is 2. The summed E-state index contributed by atoms with van der Waals surface area (Å²) in [7, 11) is 1.50. The molecule has 0 spiro atoms. The Kier molecular flexibility index (Phi) is 6.38. The number of hydrogen-bond donors (Lipinski definition) is 1. The van der Waals surface area contributed by atoms with Crippen LogP contribution in [-0.4, -0.2) is 66.5 Å². The molecule has 2 aromatic rings. The number of thiazole rings is 1. The molecule has 7 nitrogen and oxygen atoms in total. The highest BCUT2D eigenvalue weighted by Crippen LogP contribution is 2.31. The summed E-state index contributed by atoms with van der Waals surface area (Å²) in [5, 5.41) is 4.54. The number of halogens is 3. The molecular weight excluding hydrogens is 409 g/mol. The number of likely N-dealkylation sites (N-methyl/N-ethyl adjacent to an activating group) is 1. The normalized spacial score (nSPS) is 14.6. The lowest BCUT2D eigenvalue weighted by molar-refractivity contribution is -0.137. The smallest absolute Gasteiger partial charge is 0.378 e. The van der Waals surface area contributed by atoms with Gasteiger partial charge in [0.25, 0.3) is 5.91 Å². The number of hydrogen-bond acceptors (Lipinski definition) is 6. The third kappa shape index (κ3) is 5.45. The third-order valence-electron chi connectivity index (χ3n) is 4.25. The summed E-state index contributed by atoms with van der Waals surface area (Å²) >= 11 is 1.09. The average molecular weight is 428 g/mol. The number of amides is 2. The van der Waals surface area contributed by atoms with Gasteiger partial charge in [-0.15, -0.1) is 11.3 Å². The first-order chi connectivity index (χ1) is 13.7. The zero-order valence-corrected chi connectivity index (χ0v) is 16.3. The average Bonchev–Trinajstić information content (AvgIpc) is 3.16. The maximum atomic E-state index is 12.8. The molecule has 0 aliphatic carbocycles. The standard InChI is InChI=1S/C18H19F3N4O3S/c1-24(10-15(26)25-5-7-28-8-6-25)16(27)14-11-29-17(23-14)22-13-4-2-3-12(9-13)18(19,20)21/h2-4,9,11H,5-8,10H2,1H3,(H,22,23). The lowest BCUT2D eigenvalue weighted by atomic mass is 10.2. The molecule has 156 valence electrons. The minimum Gasteiger partial charge on any atom is -0.378 e. The van der Waals surface area contributed by atoms with E-state index in [1.807, 2.05) is 0 Å². The molecule has 1 saturated heterocycles. The van der Waals surface area contributed by atoms with Gasteiger partial charge in [-0.25, -0.2) is 4.98 Å². The Morgan fingerprint density at radius 1 is 1.31 bits per heavy atom. The highest BCUT2D eigenvalue weighted by molar-refractivity contribution is 7.14. The van der Waals surface area contributed by atoms with E-state index in [0.29, 0.717) is 26.3 Å². The van der Waals surface area contributed by atoms with E-state index >= 15 is 0 Å². The molecule has 0 radical (unpaired) electrons. The van der Waals surface area contributed by atoms with Crippen LogP contribution in [0.1, 0.15) is 16.1 Å². The van der Waals surface area contributed by atoms with E-state index < -0.39 is 17.6 Å². The quantitative estimate of drug-likeness (QED) is 0.793. The second-order valence-electron chi connectivity index (χ2n) is 6.40. The van der Waals surface area contributed by atoms with Crippen LogP contribution >= 0.6 is 11.3 Å². The number of carbonyl (C=O) groups excluding carboxylic acids is 2. The van der Waals surface area contributed by atoms with E-state index in [9.17, 15) is 22.8 Å². The predicted molar refractivity (Wildman–Crippen MR) is 101 cm³/mol. The van der Waals surface area contributed by atoms with E-state index in [1.54, 1.807) is 4.90 Å². The summed E-state index contributed by atoms with van der Waals surface area (Å²) in [6.45, 7) is 1.83. The maximum Gasteiger partial charge on any atom is 0.416 e. The predicted octanol–water partition coefficient (Wildman–Crippen LogP) is 2.84. The van der Waals surface area contributed by atoms with Gasteiger partial charge in [0.2, 0.25) is 5.91 Å². The number of aromatic nitrogens is 1. The Labute approximate surface area is 169 Å². The molecule has 29 heavy (non-hydrogen) atoms. The largest absolute Gasteiger partial charge is 0.416 e. The second-order valence-corrected chi connectivity index (χ2v) is 7.25. The van der Waals surface area contributed by atoms with Gasteiger partial charge in [0.1, 0.15) is 5.69 Å². The number of nitrogens with one attached hydrogen (secondary N) is 1. The van der Waals surface area contributed by atoms with Crippen LogP contribution in [0.5, 0.6) is 0 Å². The first-order valence-electron chi connectivity index (χ1n) is 8.75. The highest BCUT2D eigenvalue weighted by atomic mass is 32.1. The second kappa shape index (κ2) is 8.78. The van der Waals surface area contributed by atoms with Crippen molar-refractivity contribution in [3.8, 4) is 0 Å². The van der Waals surface area contributed by atoms with Crippen molar-refractivity contribution >= 4 is 34.0 Å². The van der Waals surface area contributed by atoms with Crippen LogP contribution in [0, 0.1) is 0 Å². The van der Waals surface area contributed by atoms with E-state index in [2.05, 4.69) is 10.3 Å². The minimum absolute atomic E-state index is 0.0905. The highest BCUT2D eigenvalue weighted by Gasteiger charge is 2.30. The van der Waals surface area contributed by atoms with E-state index in [4.69, 9.17) is 4.74 Å². The molecule has 1 fully saturated rings. The van der Waals surface area contributed by atoms with Crippen molar-refractivity contribution in [1.82, 2.24) is 14.8 Å². The van der Waals surface area contributed by atoms with Gasteiger partial charge < -0.3 is 19.9 Å². The molecule has 11 heteroatoms. The summed E-state index contributed by atoms with van der Waals surface area (Å²) in [4.78, 5) is 31.8. The zero-order valence-electron chi connectivity index (χ0n) is 15.5. The summed E-state index contributed by atoms with van der Waals surface area (Å²) < 4.78 is 43.6. The number of alkyl halides is 3. The van der Waals surface area contributed by atoms with Gasteiger partial charge in [-0.1, -0.05) is 6.07 Å². The third-order valence-corrected chi connectivity index (χ3v) is 5.01. The summed E-state index contributed by atoms with van der Waals surface area (Å²) in [5.74, 6) is -0.623. The van der Waals surface area contributed by atoms with Gasteiger partial charge in [-0.2, -0.15) is 13.2 Å². The molecule has 1 aromatic carbocycles. The molecule has 1 aliphatic heterocycles. The molecule has 1 aliphatic rings. The Hall–Kier alpha value is -2.66. The Balaban J connectivity index is 1.61. The van der Waals surface area contributed by atoms with Crippen molar-refractivity contribution < 1.29 is 27.5 Å². The van der Waals surface area contributed by atoms with Crippen LogP contribution in [0.3, 0.4) is 0 Å². The first kappa shape index (κ1) is 21.1. The van der Waals surface area contributed by atoms with E-state index in [0.717, 1.165) is 23.5 Å². The van der Waals surface area contributed by atoms with Crippen LogP contribution in [0.2, 0.25) is 0 Å². The maximum absolute atomic E-state index is 12.8. The number of anilines is 2. The van der Waals surface area contributed by atoms with Crippen LogP contribution in [0.4, 0.5) is 24.0 Å². The van der Waals surface area contributed by atoms with E-state index in [1.165, 1.54) is 29.5 Å². The molecule has 0 saturated carbocycles. The number of ether oxygens (including phenoxy) is 1. The fourth-order valence-electron chi connectivity index (χ4n) is 2.71. The molecule has 2 heterocycles. The van der Waals surface area contributed by atoms with Gasteiger partial charge in [0, 0.05) is 31.2 Å². The summed E-state index contributed by atoms with van der Waals surface area (Å²) in [5.41, 5.74) is -0.456. The minimum atomic E-state index is -4.45. The Morgan fingerprint density at radius 2 is 2.03 bits per heavy atom. The first-order valence-corrected chi connectivity index (χ1v) is 9.63. The number of morpholine rings is 1. The Bertz CT molecular complexity index is 881. The number of rotatable bonds is 5. The molecule has 0 bridgehead atoms. The van der Waals surface area contributed by atoms with Gasteiger partial charge in [0.15, 0.2) is 5.13 Å². The fourth-order valence-corrected chi connectivity index (χ4v) is 3.41. The van der Waals surface area contributed by atoms with Crippen molar-refractivity contribution in [3.05, 3.63) is 40.9 Å². The van der Waals surface area contributed by atoms with Crippen molar-refractivity contribution in [2.45, 2.75) is 6.18 Å². The van der Waals surface area contributed by atoms with Gasteiger partial charge in [0.05, 0.1) is 25.3 Å². The molecule has 0 atom stereocenters. The van der Waals surface area contributed by atoms with Gasteiger partial charge in [-0.05, 0) is 18.2 Å². The molecule has 2 amide bonds. The number of benzene rings is 1. The fraction of sp³-hybridized carbons (Fsp3) is 0.389.